The molecule has 2 aromatic rings. The fourth-order valence-corrected chi connectivity index (χ4v) is 2.53. The minimum Gasteiger partial charge on any atom is -0.271 e. The van der Waals surface area contributed by atoms with E-state index in [9.17, 15) is 8.78 Å². The van der Waals surface area contributed by atoms with Crippen molar-refractivity contribution in [3.05, 3.63) is 69.2 Å². The van der Waals surface area contributed by atoms with Crippen LogP contribution in [0.5, 0.6) is 0 Å². The molecule has 1 unspecified atom stereocenters. The van der Waals surface area contributed by atoms with Gasteiger partial charge in [-0.25, -0.2) is 8.78 Å². The molecule has 0 aliphatic heterocycles. The maximum Gasteiger partial charge on any atom is 0.130 e. The van der Waals surface area contributed by atoms with E-state index < -0.39 is 6.04 Å². The van der Waals surface area contributed by atoms with Crippen LogP contribution in [0.2, 0.25) is 0 Å². The van der Waals surface area contributed by atoms with Crippen molar-refractivity contribution < 1.29 is 8.78 Å². The highest BCUT2D eigenvalue weighted by Gasteiger charge is 2.17. The number of aryl methyl sites for hydroxylation is 1. The zero-order chi connectivity index (χ0) is 14.7. The summed E-state index contributed by atoms with van der Waals surface area (Å²) in [5.74, 6) is 4.92. The summed E-state index contributed by atoms with van der Waals surface area (Å²) < 4.78 is 28.2. The van der Waals surface area contributed by atoms with Crippen LogP contribution in [0.1, 0.15) is 22.7 Å². The van der Waals surface area contributed by atoms with Crippen LogP contribution in [0.3, 0.4) is 0 Å². The monoisotopic (exact) mass is 340 g/mol. The number of rotatable bonds is 4. The molecule has 20 heavy (non-hydrogen) atoms. The molecule has 0 spiro atoms. The molecule has 0 bridgehead atoms. The predicted molar refractivity (Wildman–Crippen MR) is 79.0 cm³/mol. The van der Waals surface area contributed by atoms with E-state index in [0.29, 0.717) is 17.5 Å². The number of nitrogens with one attached hydrogen (secondary N) is 1. The first-order valence-electron chi connectivity index (χ1n) is 6.18. The van der Waals surface area contributed by atoms with Gasteiger partial charge in [0.2, 0.25) is 0 Å². The second kappa shape index (κ2) is 6.43. The third-order valence-corrected chi connectivity index (χ3v) is 4.00. The van der Waals surface area contributed by atoms with Crippen molar-refractivity contribution in [3.63, 3.8) is 0 Å². The maximum absolute atomic E-state index is 14.1. The Morgan fingerprint density at radius 2 is 2.00 bits per heavy atom. The lowest BCUT2D eigenvalue weighted by Gasteiger charge is -2.18. The van der Waals surface area contributed by atoms with Gasteiger partial charge in [-0.05, 0) is 42.7 Å². The van der Waals surface area contributed by atoms with Gasteiger partial charge in [-0.15, -0.1) is 0 Å². The summed E-state index contributed by atoms with van der Waals surface area (Å²) in [6.07, 6.45) is 0.384. The van der Waals surface area contributed by atoms with Gasteiger partial charge in [0.05, 0.1) is 6.04 Å². The normalized spacial score (nSPS) is 12.4. The maximum atomic E-state index is 14.1. The lowest BCUT2D eigenvalue weighted by atomic mass is 9.97. The first kappa shape index (κ1) is 15.1. The van der Waals surface area contributed by atoms with Crippen molar-refractivity contribution in [3.8, 4) is 0 Å². The topological polar surface area (TPSA) is 38.0 Å². The van der Waals surface area contributed by atoms with E-state index in [1.165, 1.54) is 12.1 Å². The molecular formula is C15H15BrF2N2. The lowest BCUT2D eigenvalue weighted by Crippen LogP contribution is -2.30. The molecule has 0 fully saturated rings. The standard InChI is InChI=1S/C15H15BrF2N2/c1-9-3-2-4-12(15(9)18)14(20-19)8-10-7-11(17)5-6-13(10)16/h2-7,14,20H,8,19H2,1H3. The van der Waals surface area contributed by atoms with E-state index in [0.717, 1.165) is 10.0 Å². The van der Waals surface area contributed by atoms with Crippen molar-refractivity contribution in [2.45, 2.75) is 19.4 Å². The molecule has 0 saturated carbocycles. The van der Waals surface area contributed by atoms with E-state index >= 15 is 0 Å². The van der Waals surface area contributed by atoms with E-state index in [-0.39, 0.29) is 11.6 Å². The van der Waals surface area contributed by atoms with Crippen LogP contribution < -0.4 is 11.3 Å². The van der Waals surface area contributed by atoms with Crippen molar-refractivity contribution in [2.75, 3.05) is 0 Å². The SMILES string of the molecule is Cc1cccc(C(Cc2cc(F)ccc2Br)NN)c1F. The van der Waals surface area contributed by atoms with Gasteiger partial charge in [-0.1, -0.05) is 34.1 Å². The van der Waals surface area contributed by atoms with E-state index in [4.69, 9.17) is 5.84 Å². The summed E-state index contributed by atoms with van der Waals surface area (Å²) in [6.45, 7) is 1.70. The fourth-order valence-electron chi connectivity index (χ4n) is 2.12. The first-order valence-corrected chi connectivity index (χ1v) is 6.97. The molecule has 0 aromatic heterocycles. The quantitative estimate of drug-likeness (QED) is 0.656. The average Bonchev–Trinajstić information content (AvgIpc) is 2.43. The molecule has 0 aliphatic carbocycles. The van der Waals surface area contributed by atoms with E-state index in [2.05, 4.69) is 21.4 Å². The summed E-state index contributed by atoms with van der Waals surface area (Å²) in [4.78, 5) is 0. The Kier molecular flexibility index (Phi) is 4.86. The van der Waals surface area contributed by atoms with Crippen LogP contribution in [-0.2, 0) is 6.42 Å². The molecule has 0 heterocycles. The summed E-state index contributed by atoms with van der Waals surface area (Å²) in [7, 11) is 0. The molecule has 106 valence electrons. The van der Waals surface area contributed by atoms with Crippen LogP contribution in [0.4, 0.5) is 8.78 Å². The van der Waals surface area contributed by atoms with Gasteiger partial charge in [0.25, 0.3) is 0 Å². The number of nitrogens with two attached hydrogens (primary N) is 1. The highest BCUT2D eigenvalue weighted by atomic mass is 79.9. The Hall–Kier alpha value is -1.30. The summed E-state index contributed by atoms with van der Waals surface area (Å²) in [5.41, 5.74) is 4.36. The van der Waals surface area contributed by atoms with Gasteiger partial charge >= 0.3 is 0 Å². The average molecular weight is 341 g/mol. The van der Waals surface area contributed by atoms with Gasteiger partial charge < -0.3 is 0 Å². The molecule has 0 saturated heterocycles. The first-order chi connectivity index (χ1) is 9.52. The molecule has 1 atom stereocenters. The second-order valence-corrected chi connectivity index (χ2v) is 5.49. The van der Waals surface area contributed by atoms with Crippen molar-refractivity contribution >= 4 is 15.9 Å². The van der Waals surface area contributed by atoms with Gasteiger partial charge in [0.1, 0.15) is 11.6 Å². The van der Waals surface area contributed by atoms with Gasteiger partial charge in [-0.3, -0.25) is 11.3 Å². The molecule has 0 amide bonds. The number of benzene rings is 2. The molecule has 2 aromatic carbocycles. The molecule has 5 heteroatoms. The summed E-state index contributed by atoms with van der Waals surface area (Å²) >= 11 is 3.36. The third kappa shape index (κ3) is 3.23. The van der Waals surface area contributed by atoms with E-state index in [1.807, 2.05) is 0 Å². The third-order valence-electron chi connectivity index (χ3n) is 3.23. The fraction of sp³-hybridized carbons (Fsp3) is 0.200. The van der Waals surface area contributed by atoms with Crippen LogP contribution in [0, 0.1) is 18.6 Å². The van der Waals surface area contributed by atoms with E-state index in [1.54, 1.807) is 31.2 Å². The van der Waals surface area contributed by atoms with Crippen LogP contribution in [0.15, 0.2) is 40.9 Å². The van der Waals surface area contributed by atoms with Crippen LogP contribution >= 0.6 is 15.9 Å². The zero-order valence-corrected chi connectivity index (χ0v) is 12.5. The molecule has 2 nitrogen and oxygen atoms in total. The van der Waals surface area contributed by atoms with Crippen molar-refractivity contribution in [2.24, 2.45) is 5.84 Å². The smallest absolute Gasteiger partial charge is 0.130 e. The Morgan fingerprint density at radius 3 is 2.70 bits per heavy atom. The van der Waals surface area contributed by atoms with Gasteiger partial charge in [0, 0.05) is 10.0 Å². The minimum absolute atomic E-state index is 0.289. The lowest BCUT2D eigenvalue weighted by molar-refractivity contribution is 0.505. The van der Waals surface area contributed by atoms with Crippen molar-refractivity contribution in [1.29, 1.82) is 0 Å². The molecular weight excluding hydrogens is 326 g/mol. The summed E-state index contributed by atoms with van der Waals surface area (Å²) in [6, 6.07) is 9.15. The second-order valence-electron chi connectivity index (χ2n) is 4.64. The Balaban J connectivity index is 2.34. The highest BCUT2D eigenvalue weighted by molar-refractivity contribution is 9.10. The molecule has 2 rings (SSSR count). The molecule has 3 N–H and O–H groups in total. The van der Waals surface area contributed by atoms with Crippen LogP contribution in [-0.4, -0.2) is 0 Å². The number of hydrogen-bond acceptors (Lipinski definition) is 2. The Morgan fingerprint density at radius 1 is 1.25 bits per heavy atom. The van der Waals surface area contributed by atoms with Gasteiger partial charge in [-0.2, -0.15) is 0 Å². The number of halogens is 3. The molecule has 0 aliphatic rings. The van der Waals surface area contributed by atoms with Gasteiger partial charge in [0.15, 0.2) is 0 Å². The minimum atomic E-state index is -0.423. The number of hydrogen-bond donors (Lipinski definition) is 2. The zero-order valence-electron chi connectivity index (χ0n) is 11.0. The number of hydrazine groups is 1. The Bertz CT molecular complexity index is 617. The Labute approximate surface area is 125 Å². The molecule has 0 radical (unpaired) electrons. The predicted octanol–water partition coefficient (Wildman–Crippen LogP) is 3.78. The highest BCUT2D eigenvalue weighted by Crippen LogP contribution is 2.26. The van der Waals surface area contributed by atoms with Crippen molar-refractivity contribution in [1.82, 2.24) is 5.43 Å². The summed E-state index contributed by atoms with van der Waals surface area (Å²) in [5, 5.41) is 0. The largest absolute Gasteiger partial charge is 0.271 e. The van der Waals surface area contributed by atoms with Crippen LogP contribution in [0.25, 0.3) is 0 Å².